The number of amides is 1. The van der Waals surface area contributed by atoms with Gasteiger partial charge in [0.15, 0.2) is 17.5 Å². The smallest absolute Gasteiger partial charge is 0.365 e. The van der Waals surface area contributed by atoms with E-state index < -0.39 is 79.1 Å². The number of carbonyl (C=O) groups excluding carboxylic acids is 1. The second-order valence-electron chi connectivity index (χ2n) is 11.8. The summed E-state index contributed by atoms with van der Waals surface area (Å²) >= 11 is 0. The maximum Gasteiger partial charge on any atom is 0.418 e. The normalized spacial score (nSPS) is 17.1. The molecule has 1 saturated carbocycles. The Morgan fingerprint density at radius 1 is 0.979 bits per heavy atom. The first-order chi connectivity index (χ1) is 22.6. The van der Waals surface area contributed by atoms with Crippen LogP contribution in [0.5, 0.6) is 0 Å². The number of hydrogen-bond donors (Lipinski definition) is 2. The summed E-state index contributed by atoms with van der Waals surface area (Å²) in [6, 6.07) is 5.88. The van der Waals surface area contributed by atoms with Crippen LogP contribution in [0.3, 0.4) is 0 Å². The molecule has 9 nitrogen and oxygen atoms in total. The Labute approximate surface area is 270 Å². The molecule has 0 bridgehead atoms. The van der Waals surface area contributed by atoms with Gasteiger partial charge in [0.05, 0.1) is 22.5 Å². The van der Waals surface area contributed by atoms with Crippen LogP contribution in [0.15, 0.2) is 66.1 Å². The lowest BCUT2D eigenvalue weighted by molar-refractivity contribution is -0.137. The first-order valence-corrected chi connectivity index (χ1v) is 16.2. The molecule has 3 aromatic heterocycles. The number of anilines is 1. The number of pyridine rings is 1. The SMILES string of the molecule is Cc1ccc(S(=O)(=O)n2cc(-c3nc(NC4CCCC(NC(=O)c5cn(C)cn5)C4)c(F)cc3C(F)(F)F)c3cc(F)cc(F)c32)cc1. The van der Waals surface area contributed by atoms with E-state index >= 15 is 8.78 Å². The van der Waals surface area contributed by atoms with Gasteiger partial charge in [-0.25, -0.2) is 35.5 Å². The van der Waals surface area contributed by atoms with Crippen LogP contribution in [0.2, 0.25) is 0 Å². The van der Waals surface area contributed by atoms with E-state index in [1.165, 1.54) is 36.8 Å². The van der Waals surface area contributed by atoms with Crippen molar-refractivity contribution >= 4 is 32.7 Å². The Hall–Kier alpha value is -4.86. The van der Waals surface area contributed by atoms with Crippen LogP contribution in [0.1, 0.15) is 47.3 Å². The van der Waals surface area contributed by atoms with Crippen LogP contribution in [0.4, 0.5) is 32.2 Å². The third kappa shape index (κ3) is 6.35. The van der Waals surface area contributed by atoms with Crippen molar-refractivity contribution in [2.45, 2.75) is 55.8 Å². The number of hydrogen-bond acceptors (Lipinski definition) is 6. The molecule has 0 radical (unpaired) electrons. The first-order valence-electron chi connectivity index (χ1n) is 14.8. The van der Waals surface area contributed by atoms with Gasteiger partial charge in [-0.05, 0) is 56.9 Å². The molecule has 5 aromatic rings. The number of nitrogens with zero attached hydrogens (tertiary/aromatic N) is 4. The van der Waals surface area contributed by atoms with Gasteiger partial charge in [0.25, 0.3) is 15.9 Å². The number of alkyl halides is 3. The van der Waals surface area contributed by atoms with Crippen LogP contribution in [0.25, 0.3) is 22.2 Å². The summed E-state index contributed by atoms with van der Waals surface area (Å²) in [5, 5.41) is 5.17. The number of halogens is 6. The van der Waals surface area contributed by atoms with Crippen molar-refractivity contribution in [3.63, 3.8) is 0 Å². The Bertz CT molecular complexity index is 2140. The third-order valence-electron chi connectivity index (χ3n) is 8.19. The molecule has 1 amide bonds. The fourth-order valence-corrected chi connectivity index (χ4v) is 7.27. The third-order valence-corrected chi connectivity index (χ3v) is 9.86. The van der Waals surface area contributed by atoms with E-state index in [0.29, 0.717) is 40.9 Å². The molecule has 48 heavy (non-hydrogen) atoms. The molecule has 2 N–H and O–H groups in total. The topological polar surface area (TPSA) is 111 Å². The average molecular weight is 691 g/mol. The number of benzene rings is 2. The van der Waals surface area contributed by atoms with Gasteiger partial charge in [0.2, 0.25) is 0 Å². The van der Waals surface area contributed by atoms with E-state index in [2.05, 4.69) is 20.6 Å². The fraction of sp³-hybridized carbons (Fsp3) is 0.281. The Balaban J connectivity index is 1.42. The van der Waals surface area contributed by atoms with E-state index in [9.17, 15) is 30.8 Å². The molecule has 0 spiro atoms. The van der Waals surface area contributed by atoms with Crippen LogP contribution >= 0.6 is 0 Å². The minimum Gasteiger partial charge on any atom is -0.365 e. The highest BCUT2D eigenvalue weighted by Gasteiger charge is 2.38. The number of imidazole rings is 1. The number of aromatic nitrogens is 4. The van der Waals surface area contributed by atoms with Crippen LogP contribution < -0.4 is 10.6 Å². The molecule has 0 saturated heterocycles. The lowest BCUT2D eigenvalue weighted by Crippen LogP contribution is -2.42. The van der Waals surface area contributed by atoms with Gasteiger partial charge in [-0.2, -0.15) is 13.2 Å². The average Bonchev–Trinajstić information content (AvgIpc) is 3.62. The van der Waals surface area contributed by atoms with Gasteiger partial charge in [-0.15, -0.1) is 0 Å². The molecule has 16 heteroatoms. The quantitative estimate of drug-likeness (QED) is 0.187. The van der Waals surface area contributed by atoms with Crippen molar-refractivity contribution in [2.24, 2.45) is 7.05 Å². The molecule has 1 aliphatic carbocycles. The van der Waals surface area contributed by atoms with Crippen molar-refractivity contribution < 1.29 is 39.6 Å². The van der Waals surface area contributed by atoms with Gasteiger partial charge >= 0.3 is 6.18 Å². The highest BCUT2D eigenvalue weighted by atomic mass is 32.2. The van der Waals surface area contributed by atoms with E-state index in [4.69, 9.17) is 0 Å². The Morgan fingerprint density at radius 2 is 1.69 bits per heavy atom. The maximum absolute atomic E-state index is 15.3. The van der Waals surface area contributed by atoms with E-state index in [-0.39, 0.29) is 29.1 Å². The molecule has 1 aliphatic rings. The van der Waals surface area contributed by atoms with Gasteiger partial charge in [0, 0.05) is 48.5 Å². The molecule has 0 aliphatic heterocycles. The highest BCUT2D eigenvalue weighted by molar-refractivity contribution is 7.90. The van der Waals surface area contributed by atoms with E-state index in [1.54, 1.807) is 18.5 Å². The largest absolute Gasteiger partial charge is 0.418 e. The second-order valence-corrected chi connectivity index (χ2v) is 13.6. The molecule has 252 valence electrons. The number of rotatable bonds is 7. The van der Waals surface area contributed by atoms with Crippen LogP contribution in [-0.2, 0) is 23.2 Å². The van der Waals surface area contributed by atoms with Crippen molar-refractivity contribution in [1.29, 1.82) is 0 Å². The first kappa shape index (κ1) is 33.1. The van der Waals surface area contributed by atoms with Crippen LogP contribution in [0, 0.1) is 24.4 Å². The fourth-order valence-electron chi connectivity index (χ4n) is 5.89. The molecule has 2 atom stereocenters. The number of carbonyl (C=O) groups is 1. The zero-order chi connectivity index (χ0) is 34.5. The summed E-state index contributed by atoms with van der Waals surface area (Å²) in [5.41, 5.74) is -2.89. The van der Waals surface area contributed by atoms with Gasteiger partial charge in [0.1, 0.15) is 17.0 Å². The molecular formula is C32H28F6N6O3S. The molecule has 2 unspecified atom stereocenters. The monoisotopic (exact) mass is 690 g/mol. The summed E-state index contributed by atoms with van der Waals surface area (Å²) < 4.78 is 118. The minimum absolute atomic E-state index is 0.198. The zero-order valence-electron chi connectivity index (χ0n) is 25.4. The molecule has 3 heterocycles. The predicted molar refractivity (Wildman–Crippen MR) is 164 cm³/mol. The number of fused-ring (bicyclic) bond motifs is 1. The summed E-state index contributed by atoms with van der Waals surface area (Å²) in [6.07, 6.45) is 0.472. The Morgan fingerprint density at radius 3 is 2.35 bits per heavy atom. The summed E-state index contributed by atoms with van der Waals surface area (Å²) in [5.74, 6) is -4.87. The standard InChI is InChI=1S/C32H28F6N6O3S/c1-17-6-8-21(9-7-17)48(46,47)44-14-23(22-10-18(33)11-25(34)29(22)44)28-24(32(36,37)38)13-26(35)30(42-28)40-19-4-3-5-20(12-19)41-31(45)27-15-43(2)16-39-27/h6-11,13-16,19-20H,3-5,12H2,1-2H3,(H,40,42)(H,41,45). The van der Waals surface area contributed by atoms with Crippen molar-refractivity contribution in [3.8, 4) is 11.3 Å². The Kier molecular flexibility index (Phi) is 8.47. The summed E-state index contributed by atoms with van der Waals surface area (Å²) in [7, 11) is -2.91. The predicted octanol–water partition coefficient (Wildman–Crippen LogP) is 6.57. The van der Waals surface area contributed by atoms with E-state index in [1.807, 2.05) is 0 Å². The maximum atomic E-state index is 15.3. The summed E-state index contributed by atoms with van der Waals surface area (Å²) in [4.78, 5) is 20.3. The molecule has 6 rings (SSSR count). The zero-order valence-corrected chi connectivity index (χ0v) is 26.3. The number of aryl methyl sites for hydroxylation is 2. The van der Waals surface area contributed by atoms with Crippen molar-refractivity contribution in [1.82, 2.24) is 23.8 Å². The summed E-state index contributed by atoms with van der Waals surface area (Å²) in [6.45, 7) is 1.71. The van der Waals surface area contributed by atoms with Crippen molar-refractivity contribution in [3.05, 3.63) is 95.5 Å². The van der Waals surface area contributed by atoms with Gasteiger partial charge in [-0.1, -0.05) is 17.7 Å². The van der Waals surface area contributed by atoms with Gasteiger partial charge in [-0.3, -0.25) is 4.79 Å². The molecule has 1 fully saturated rings. The lowest BCUT2D eigenvalue weighted by Gasteiger charge is -2.30. The van der Waals surface area contributed by atoms with Gasteiger partial charge < -0.3 is 15.2 Å². The molecular weight excluding hydrogens is 662 g/mol. The molecule has 2 aromatic carbocycles. The minimum atomic E-state index is -5.19. The van der Waals surface area contributed by atoms with Crippen molar-refractivity contribution in [2.75, 3.05) is 5.32 Å². The number of nitrogens with one attached hydrogen (secondary N) is 2. The van der Waals surface area contributed by atoms with E-state index in [0.717, 1.165) is 6.20 Å². The van der Waals surface area contributed by atoms with Crippen LogP contribution in [-0.4, -0.2) is 44.9 Å². The highest BCUT2D eigenvalue weighted by Crippen LogP contribution is 2.42. The second kappa shape index (κ2) is 12.3. The lowest BCUT2D eigenvalue weighted by atomic mass is 9.90.